The number of primary amides is 1. The van der Waals surface area contributed by atoms with Crippen LogP contribution in [0.2, 0.25) is 0 Å². The highest BCUT2D eigenvalue weighted by molar-refractivity contribution is 5.75. The summed E-state index contributed by atoms with van der Waals surface area (Å²) in [5.74, 6) is -0.325. The molecular formula is C7H10N3O. The Hall–Kier alpha value is -1.32. The van der Waals surface area contributed by atoms with E-state index in [1.807, 2.05) is 13.2 Å². The van der Waals surface area contributed by atoms with E-state index in [0.29, 0.717) is 0 Å². The third kappa shape index (κ3) is 2.41. The highest BCUT2D eigenvalue weighted by atomic mass is 16.1. The minimum atomic E-state index is -0.325. The third-order valence-corrected chi connectivity index (χ3v) is 1.26. The zero-order valence-electron chi connectivity index (χ0n) is 6.32. The van der Waals surface area contributed by atoms with Crippen LogP contribution in [0.4, 0.5) is 0 Å². The molecule has 1 radical (unpaired) electrons. The summed E-state index contributed by atoms with van der Waals surface area (Å²) in [5.41, 5.74) is 5.87. The largest absolute Gasteiger partial charge is 0.370 e. The average Bonchev–Trinajstić information content (AvgIpc) is 2.31. The normalized spacial score (nSPS) is 9.91. The lowest BCUT2D eigenvalue weighted by molar-refractivity contribution is -0.117. The van der Waals surface area contributed by atoms with Gasteiger partial charge < -0.3 is 5.73 Å². The standard InChI is InChI=1S/C7H10N3O/c1-10-5-6(4-9-10)2-3-7(8)11/h2,4-5H,3H2,1H3,(H2,8,11). The van der Waals surface area contributed by atoms with Crippen LogP contribution in [-0.4, -0.2) is 15.7 Å². The van der Waals surface area contributed by atoms with Crippen LogP contribution in [0.1, 0.15) is 12.0 Å². The van der Waals surface area contributed by atoms with Crippen molar-refractivity contribution in [1.29, 1.82) is 0 Å². The predicted octanol–water partition coefficient (Wildman–Crippen LogP) is -0.152. The van der Waals surface area contributed by atoms with Crippen LogP contribution in [0.5, 0.6) is 0 Å². The van der Waals surface area contributed by atoms with E-state index in [1.165, 1.54) is 0 Å². The second kappa shape index (κ2) is 3.18. The van der Waals surface area contributed by atoms with Crippen molar-refractivity contribution in [3.63, 3.8) is 0 Å². The average molecular weight is 152 g/mol. The van der Waals surface area contributed by atoms with E-state index in [2.05, 4.69) is 5.10 Å². The maximum atomic E-state index is 10.3. The highest BCUT2D eigenvalue weighted by Crippen LogP contribution is 2.02. The van der Waals surface area contributed by atoms with Crippen molar-refractivity contribution in [2.24, 2.45) is 12.8 Å². The molecule has 11 heavy (non-hydrogen) atoms. The number of hydrogen-bond donors (Lipinski definition) is 1. The van der Waals surface area contributed by atoms with E-state index in [-0.39, 0.29) is 12.3 Å². The summed E-state index contributed by atoms with van der Waals surface area (Å²) in [6, 6.07) is 0. The Morgan fingerprint density at radius 2 is 2.64 bits per heavy atom. The number of carbonyl (C=O) groups excluding carboxylic acids is 1. The van der Waals surface area contributed by atoms with Crippen molar-refractivity contribution in [3.8, 4) is 0 Å². The molecule has 1 heterocycles. The minimum absolute atomic E-state index is 0.270. The number of rotatable bonds is 3. The highest BCUT2D eigenvalue weighted by Gasteiger charge is 1.98. The lowest BCUT2D eigenvalue weighted by Crippen LogP contribution is -2.09. The molecule has 0 bridgehead atoms. The Morgan fingerprint density at radius 1 is 1.91 bits per heavy atom. The molecule has 0 saturated carbocycles. The lowest BCUT2D eigenvalue weighted by Gasteiger charge is -1.90. The Kier molecular flexibility index (Phi) is 2.25. The van der Waals surface area contributed by atoms with Crippen LogP contribution in [0.3, 0.4) is 0 Å². The summed E-state index contributed by atoms with van der Waals surface area (Å²) < 4.78 is 1.67. The summed E-state index contributed by atoms with van der Waals surface area (Å²) in [4.78, 5) is 10.3. The summed E-state index contributed by atoms with van der Waals surface area (Å²) in [6.45, 7) is 0. The van der Waals surface area contributed by atoms with Crippen LogP contribution in [0, 0.1) is 6.42 Å². The topological polar surface area (TPSA) is 60.9 Å². The molecule has 0 spiro atoms. The lowest BCUT2D eigenvalue weighted by atomic mass is 10.2. The quantitative estimate of drug-likeness (QED) is 0.654. The smallest absolute Gasteiger partial charge is 0.218 e. The molecule has 0 aliphatic heterocycles. The van der Waals surface area contributed by atoms with Crippen molar-refractivity contribution < 1.29 is 4.79 Å². The molecule has 1 amide bonds. The molecule has 1 aromatic heterocycles. The van der Waals surface area contributed by atoms with Crippen molar-refractivity contribution >= 4 is 5.91 Å². The summed E-state index contributed by atoms with van der Waals surface area (Å²) >= 11 is 0. The van der Waals surface area contributed by atoms with Crippen molar-refractivity contribution in [2.75, 3.05) is 0 Å². The Bertz CT molecular complexity index is 254. The molecule has 0 fully saturated rings. The van der Waals surface area contributed by atoms with Gasteiger partial charge in [-0.05, 0) is 5.56 Å². The number of nitrogens with two attached hydrogens (primary N) is 1. The van der Waals surface area contributed by atoms with Gasteiger partial charge in [0.25, 0.3) is 0 Å². The van der Waals surface area contributed by atoms with E-state index in [0.717, 1.165) is 5.56 Å². The Morgan fingerprint density at radius 3 is 3.09 bits per heavy atom. The zero-order valence-corrected chi connectivity index (χ0v) is 6.32. The fourth-order valence-corrected chi connectivity index (χ4v) is 0.764. The SMILES string of the molecule is Cn1cc([CH]CC(N)=O)cn1. The summed E-state index contributed by atoms with van der Waals surface area (Å²) in [6.07, 6.45) is 5.52. The first kappa shape index (κ1) is 7.78. The predicted molar refractivity (Wildman–Crippen MR) is 40.4 cm³/mol. The van der Waals surface area contributed by atoms with Gasteiger partial charge in [-0.2, -0.15) is 5.10 Å². The van der Waals surface area contributed by atoms with Gasteiger partial charge in [-0.1, -0.05) is 0 Å². The molecule has 0 atom stereocenters. The van der Waals surface area contributed by atoms with Gasteiger partial charge in [0.1, 0.15) is 0 Å². The van der Waals surface area contributed by atoms with Crippen molar-refractivity contribution in [1.82, 2.24) is 9.78 Å². The van der Waals surface area contributed by atoms with E-state index in [4.69, 9.17) is 5.73 Å². The molecular weight excluding hydrogens is 142 g/mol. The second-order valence-corrected chi connectivity index (χ2v) is 2.32. The number of nitrogens with zero attached hydrogens (tertiary/aromatic N) is 2. The first-order valence-electron chi connectivity index (χ1n) is 3.28. The fourth-order valence-electron chi connectivity index (χ4n) is 0.764. The van der Waals surface area contributed by atoms with Gasteiger partial charge in [0, 0.05) is 26.1 Å². The molecule has 0 aliphatic carbocycles. The van der Waals surface area contributed by atoms with Gasteiger partial charge in [-0.3, -0.25) is 9.48 Å². The monoisotopic (exact) mass is 152 g/mol. The Labute approximate surface area is 65.0 Å². The van der Waals surface area contributed by atoms with E-state index >= 15 is 0 Å². The number of carbonyl (C=O) groups is 1. The molecule has 0 aliphatic rings. The summed E-state index contributed by atoms with van der Waals surface area (Å²) in [5, 5.41) is 3.93. The number of hydrogen-bond acceptors (Lipinski definition) is 2. The zero-order chi connectivity index (χ0) is 8.27. The first-order chi connectivity index (χ1) is 5.18. The van der Waals surface area contributed by atoms with Gasteiger partial charge in [-0.25, -0.2) is 0 Å². The van der Waals surface area contributed by atoms with Crippen molar-refractivity contribution in [2.45, 2.75) is 6.42 Å². The molecule has 2 N–H and O–H groups in total. The van der Waals surface area contributed by atoms with E-state index < -0.39 is 0 Å². The number of amides is 1. The second-order valence-electron chi connectivity index (χ2n) is 2.32. The molecule has 4 nitrogen and oxygen atoms in total. The number of aryl methyl sites for hydroxylation is 1. The van der Waals surface area contributed by atoms with Crippen molar-refractivity contribution in [3.05, 3.63) is 24.4 Å². The molecule has 0 aromatic carbocycles. The molecule has 59 valence electrons. The minimum Gasteiger partial charge on any atom is -0.370 e. The van der Waals surface area contributed by atoms with Crippen LogP contribution < -0.4 is 5.73 Å². The van der Waals surface area contributed by atoms with E-state index in [1.54, 1.807) is 17.3 Å². The fraction of sp³-hybridized carbons (Fsp3) is 0.286. The van der Waals surface area contributed by atoms with Crippen LogP contribution >= 0.6 is 0 Å². The van der Waals surface area contributed by atoms with Gasteiger partial charge in [0.2, 0.25) is 5.91 Å². The van der Waals surface area contributed by atoms with E-state index in [9.17, 15) is 4.79 Å². The van der Waals surface area contributed by atoms with Gasteiger partial charge in [0.05, 0.1) is 6.20 Å². The molecule has 1 rings (SSSR count). The maximum absolute atomic E-state index is 10.3. The van der Waals surface area contributed by atoms with Gasteiger partial charge in [0.15, 0.2) is 0 Å². The first-order valence-corrected chi connectivity index (χ1v) is 3.28. The number of aromatic nitrogens is 2. The molecule has 4 heteroatoms. The molecule has 0 unspecified atom stereocenters. The maximum Gasteiger partial charge on any atom is 0.218 e. The molecule has 0 saturated heterocycles. The van der Waals surface area contributed by atoms with Crippen LogP contribution in [0.25, 0.3) is 0 Å². The summed E-state index contributed by atoms with van der Waals surface area (Å²) in [7, 11) is 1.82. The van der Waals surface area contributed by atoms with Gasteiger partial charge in [-0.15, -0.1) is 0 Å². The molecule has 1 aromatic rings. The van der Waals surface area contributed by atoms with Crippen LogP contribution in [0.15, 0.2) is 12.4 Å². The van der Waals surface area contributed by atoms with Gasteiger partial charge >= 0.3 is 0 Å². The Balaban J connectivity index is 2.45. The third-order valence-electron chi connectivity index (χ3n) is 1.26. The van der Waals surface area contributed by atoms with Crippen LogP contribution in [-0.2, 0) is 11.8 Å².